The lowest BCUT2D eigenvalue weighted by atomic mass is 9.87. The normalized spacial score (nSPS) is 12.6. The minimum Gasteiger partial charge on any atom is -0.504 e. The van der Waals surface area contributed by atoms with Gasteiger partial charge in [-0.3, -0.25) is 0 Å². The van der Waals surface area contributed by atoms with Crippen molar-refractivity contribution in [3.05, 3.63) is 64.6 Å². The standard InChI is InChI=1S/C19H22O4S/c1-19(2,3)16-7-4-15(5-8-16)13-24(22,23)11-10-14-6-9-17(20)18(21)12-14/h4-12,20-21H,13H2,1-3H3/b11-10+. The number of rotatable bonds is 4. The van der Waals surface area contributed by atoms with Crippen molar-refractivity contribution in [3.8, 4) is 11.5 Å². The van der Waals surface area contributed by atoms with Crippen molar-refractivity contribution >= 4 is 15.9 Å². The molecule has 0 aliphatic heterocycles. The second kappa shape index (κ2) is 6.69. The van der Waals surface area contributed by atoms with Crippen LogP contribution in [0.25, 0.3) is 6.08 Å². The summed E-state index contributed by atoms with van der Waals surface area (Å²) in [5, 5.41) is 19.8. The molecule has 24 heavy (non-hydrogen) atoms. The lowest BCUT2D eigenvalue weighted by Gasteiger charge is -2.19. The topological polar surface area (TPSA) is 74.6 Å². The Balaban J connectivity index is 2.13. The molecule has 0 aromatic heterocycles. The fourth-order valence-electron chi connectivity index (χ4n) is 2.21. The van der Waals surface area contributed by atoms with Gasteiger partial charge in [0.2, 0.25) is 0 Å². The van der Waals surface area contributed by atoms with Crippen LogP contribution in [0, 0.1) is 0 Å². The Morgan fingerprint density at radius 2 is 1.58 bits per heavy atom. The summed E-state index contributed by atoms with van der Waals surface area (Å²) in [6, 6.07) is 11.7. The van der Waals surface area contributed by atoms with Gasteiger partial charge < -0.3 is 10.2 Å². The molecule has 5 heteroatoms. The quantitative estimate of drug-likeness (QED) is 0.821. The van der Waals surface area contributed by atoms with Crippen LogP contribution in [-0.2, 0) is 21.0 Å². The second-order valence-corrected chi connectivity index (χ2v) is 8.69. The molecule has 0 bridgehead atoms. The summed E-state index contributed by atoms with van der Waals surface area (Å²) in [5.74, 6) is -0.612. The molecule has 4 nitrogen and oxygen atoms in total. The van der Waals surface area contributed by atoms with Crippen LogP contribution in [0.5, 0.6) is 11.5 Å². The highest BCUT2D eigenvalue weighted by molar-refractivity contribution is 7.93. The van der Waals surface area contributed by atoms with Gasteiger partial charge >= 0.3 is 0 Å². The molecule has 0 heterocycles. The first kappa shape index (κ1) is 18.1. The average molecular weight is 346 g/mol. The van der Waals surface area contributed by atoms with Crippen molar-refractivity contribution in [3.63, 3.8) is 0 Å². The highest BCUT2D eigenvalue weighted by Gasteiger charge is 2.14. The number of benzene rings is 2. The Bertz CT molecular complexity index is 842. The highest BCUT2D eigenvalue weighted by atomic mass is 32.2. The molecule has 0 aliphatic rings. The molecule has 2 aromatic rings. The van der Waals surface area contributed by atoms with E-state index in [2.05, 4.69) is 20.8 Å². The fraction of sp³-hybridized carbons (Fsp3) is 0.263. The third-order valence-electron chi connectivity index (χ3n) is 3.66. The van der Waals surface area contributed by atoms with Crippen LogP contribution in [0.3, 0.4) is 0 Å². The summed E-state index contributed by atoms with van der Waals surface area (Å²) in [5.41, 5.74) is 2.40. The van der Waals surface area contributed by atoms with E-state index in [9.17, 15) is 18.6 Å². The van der Waals surface area contributed by atoms with E-state index in [0.717, 1.165) is 16.5 Å². The van der Waals surface area contributed by atoms with Crippen LogP contribution < -0.4 is 0 Å². The largest absolute Gasteiger partial charge is 0.504 e. The molecule has 0 saturated heterocycles. The highest BCUT2D eigenvalue weighted by Crippen LogP contribution is 2.26. The van der Waals surface area contributed by atoms with Crippen LogP contribution in [0.1, 0.15) is 37.5 Å². The molecule has 2 aromatic carbocycles. The maximum atomic E-state index is 12.2. The first-order valence-electron chi connectivity index (χ1n) is 7.59. The van der Waals surface area contributed by atoms with E-state index in [1.807, 2.05) is 24.3 Å². The zero-order chi connectivity index (χ0) is 18.0. The molecular weight excluding hydrogens is 324 g/mol. The lowest BCUT2D eigenvalue weighted by molar-refractivity contribution is 0.403. The van der Waals surface area contributed by atoms with Gasteiger partial charge in [-0.25, -0.2) is 8.42 Å². The molecule has 0 radical (unpaired) electrons. The van der Waals surface area contributed by atoms with Gasteiger partial charge in [-0.2, -0.15) is 0 Å². The van der Waals surface area contributed by atoms with E-state index in [1.165, 1.54) is 24.3 Å². The molecule has 0 unspecified atom stereocenters. The Morgan fingerprint density at radius 3 is 2.12 bits per heavy atom. The minimum atomic E-state index is -3.43. The van der Waals surface area contributed by atoms with E-state index in [0.29, 0.717) is 5.56 Å². The van der Waals surface area contributed by atoms with Crippen molar-refractivity contribution in [1.82, 2.24) is 0 Å². The Morgan fingerprint density at radius 1 is 0.958 bits per heavy atom. The molecule has 0 fully saturated rings. The summed E-state index contributed by atoms with van der Waals surface area (Å²) in [6.45, 7) is 6.32. The first-order chi connectivity index (χ1) is 11.1. The van der Waals surface area contributed by atoms with E-state index in [-0.39, 0.29) is 22.7 Å². The van der Waals surface area contributed by atoms with Gasteiger partial charge in [0.25, 0.3) is 0 Å². The zero-order valence-electron chi connectivity index (χ0n) is 14.0. The van der Waals surface area contributed by atoms with E-state index < -0.39 is 9.84 Å². The van der Waals surface area contributed by atoms with Crippen molar-refractivity contribution < 1.29 is 18.6 Å². The maximum Gasteiger partial charge on any atom is 0.175 e. The van der Waals surface area contributed by atoms with Gasteiger partial charge in [-0.1, -0.05) is 51.1 Å². The van der Waals surface area contributed by atoms with Crippen molar-refractivity contribution in [2.24, 2.45) is 0 Å². The molecule has 2 rings (SSSR count). The molecule has 2 N–H and O–H groups in total. The average Bonchev–Trinajstić information content (AvgIpc) is 2.48. The van der Waals surface area contributed by atoms with Crippen LogP contribution in [0.2, 0.25) is 0 Å². The van der Waals surface area contributed by atoms with Gasteiger partial charge in [0, 0.05) is 5.41 Å². The summed E-state index contributed by atoms with van der Waals surface area (Å²) >= 11 is 0. The van der Waals surface area contributed by atoms with Gasteiger partial charge in [0.1, 0.15) is 0 Å². The fourth-order valence-corrected chi connectivity index (χ4v) is 3.33. The number of phenols is 2. The monoisotopic (exact) mass is 346 g/mol. The van der Waals surface area contributed by atoms with Crippen LogP contribution in [0.15, 0.2) is 47.9 Å². The Hall–Kier alpha value is -2.27. The molecule has 0 aliphatic carbocycles. The van der Waals surface area contributed by atoms with Gasteiger partial charge in [0.15, 0.2) is 21.3 Å². The van der Waals surface area contributed by atoms with E-state index in [4.69, 9.17) is 0 Å². The van der Waals surface area contributed by atoms with Crippen LogP contribution in [0.4, 0.5) is 0 Å². The Kier molecular flexibility index (Phi) is 5.04. The molecule has 0 amide bonds. The molecule has 128 valence electrons. The minimum absolute atomic E-state index is 0.0260. The maximum absolute atomic E-state index is 12.2. The Labute approximate surface area is 143 Å². The number of sulfone groups is 1. The second-order valence-electron chi connectivity index (χ2n) is 6.81. The first-order valence-corrected chi connectivity index (χ1v) is 9.31. The van der Waals surface area contributed by atoms with Crippen molar-refractivity contribution in [2.45, 2.75) is 31.9 Å². The van der Waals surface area contributed by atoms with E-state index >= 15 is 0 Å². The van der Waals surface area contributed by atoms with Gasteiger partial charge in [-0.05, 0) is 40.3 Å². The lowest BCUT2D eigenvalue weighted by Crippen LogP contribution is -2.11. The number of phenolic OH excluding ortho intramolecular Hbond substituents is 2. The summed E-state index contributed by atoms with van der Waals surface area (Å²) in [4.78, 5) is 0. The van der Waals surface area contributed by atoms with Crippen molar-refractivity contribution in [1.29, 1.82) is 0 Å². The molecule has 0 saturated carbocycles. The van der Waals surface area contributed by atoms with Crippen LogP contribution in [-0.4, -0.2) is 18.6 Å². The van der Waals surface area contributed by atoms with Crippen LogP contribution >= 0.6 is 0 Å². The third kappa shape index (κ3) is 4.86. The SMILES string of the molecule is CC(C)(C)c1ccc(CS(=O)(=O)/C=C/c2ccc(O)c(O)c2)cc1. The third-order valence-corrected chi connectivity index (χ3v) is 4.94. The smallest absolute Gasteiger partial charge is 0.175 e. The zero-order valence-corrected chi connectivity index (χ0v) is 14.8. The predicted molar refractivity (Wildman–Crippen MR) is 96.6 cm³/mol. The van der Waals surface area contributed by atoms with Crippen molar-refractivity contribution in [2.75, 3.05) is 0 Å². The number of aromatic hydroxyl groups is 2. The molecule has 0 atom stereocenters. The predicted octanol–water partition coefficient (Wildman–Crippen LogP) is 3.98. The number of hydrogen-bond donors (Lipinski definition) is 2. The van der Waals surface area contributed by atoms with E-state index in [1.54, 1.807) is 0 Å². The molecular formula is C19H22O4S. The van der Waals surface area contributed by atoms with Gasteiger partial charge in [-0.15, -0.1) is 0 Å². The summed E-state index contributed by atoms with van der Waals surface area (Å²) in [7, 11) is -3.43. The number of hydrogen-bond acceptors (Lipinski definition) is 4. The summed E-state index contributed by atoms with van der Waals surface area (Å²) < 4.78 is 24.4. The van der Waals surface area contributed by atoms with Gasteiger partial charge in [0.05, 0.1) is 5.75 Å². The molecule has 0 spiro atoms. The summed E-state index contributed by atoms with van der Waals surface area (Å²) in [6.07, 6.45) is 1.40.